The monoisotopic (exact) mass is 1800 g/mol. The number of hydrogen-bond donors (Lipinski definition) is 0. The number of Topliss-reactive ketones (excluding diaryl/α,β-unsaturated/α-hetero) is 5. The number of nitrogens with zero attached hydrogens (tertiary/aromatic N) is 8. The SMILES string of the molecule is Cc1cc(-c2cc3c(cc2CC2CCCCO2)CC(=O)CC3)cn(C)c1=O.Cc1cc(-c2cc3c(cc2Cc2ccccn2)CC(=O)CC3)cn(C)c1=O.Cc1cc(-c2cc3c(cc2Cc2cccnc2)CC(=O)CC3)cn(C)c1=O.Cc1cc(-c2cc3c(cc2Cc2ccncc2)CC(=O)CC3)cn(C)c1=O.Cc1cc(-c2ccc3c(c2CC2CCCCO2)CCC(=O)C3)cn(C)c1=O. The van der Waals surface area contributed by atoms with Crippen LogP contribution in [0, 0.1) is 34.6 Å². The molecule has 13 aromatic rings. The van der Waals surface area contributed by atoms with Gasteiger partial charge in [0, 0.05) is 215 Å². The van der Waals surface area contributed by atoms with E-state index >= 15 is 0 Å². The Morgan fingerprint density at radius 2 is 0.681 bits per heavy atom. The predicted molar refractivity (Wildman–Crippen MR) is 530 cm³/mol. The van der Waals surface area contributed by atoms with Crippen molar-refractivity contribution in [1.29, 1.82) is 0 Å². The van der Waals surface area contributed by atoms with Gasteiger partial charge in [0.25, 0.3) is 27.8 Å². The van der Waals surface area contributed by atoms with E-state index in [4.69, 9.17) is 9.47 Å². The summed E-state index contributed by atoms with van der Waals surface area (Å²) in [6.45, 7) is 11.0. The number of rotatable bonds is 15. The van der Waals surface area contributed by atoms with E-state index in [1.165, 1.54) is 85.2 Å². The molecular formula is C115H120N8O12. The van der Waals surface area contributed by atoms with E-state index < -0.39 is 0 Å². The fourth-order valence-corrected chi connectivity index (χ4v) is 20.5. The van der Waals surface area contributed by atoms with Gasteiger partial charge in [0.2, 0.25) is 0 Å². The van der Waals surface area contributed by atoms with Crippen molar-refractivity contribution >= 4 is 28.9 Å². The number of benzene rings is 5. The summed E-state index contributed by atoms with van der Waals surface area (Å²) in [4.78, 5) is 133. The van der Waals surface area contributed by atoms with Gasteiger partial charge in [-0.15, -0.1) is 0 Å². The lowest BCUT2D eigenvalue weighted by Crippen LogP contribution is -2.24. The van der Waals surface area contributed by atoms with Gasteiger partial charge >= 0.3 is 0 Å². The van der Waals surface area contributed by atoms with Gasteiger partial charge in [-0.2, -0.15) is 0 Å². The fraction of sp³-hybridized carbons (Fsp3) is 0.348. The standard InChI is InChI=1S/3C23H22N2O2.2C23H27NO3/c1-15-9-20(14-25(2)23(15)27)22-13-17-3-4-21(26)12-18(17)11-19(22)10-16-5-7-24-8-6-16;1-15-8-20(14-25(2)23(15)27)22-12-17-5-6-21(26)11-18(17)10-19(22)9-16-4-3-7-24-13-16;1-15-9-19(14-25(2)23(15)27)22-13-16-6-7-21(26)12-17(16)10-18(22)11-20-5-3-4-8-24-20;1-15-11-17(14-24(2)23(15)26)21-8-6-16-12-18(25)7-9-20(16)22(21)13-19-5-3-4-10-27-19;1-15-9-19(14-24(2)23(15)26)22-13-16-6-7-20(25)11-17(16)10-18(22)12-21-5-3-4-8-27-21/h5-9,11,13-14H,3-4,10,12H2,1-2H3;3-4,7-8,10,12-14H,5-6,9,11H2,1-2H3;3-5,8-10,13-14H,6-7,11-12H2,1-2H3;6,8,11,14,19H,3-5,7,9-10,12-13H2,1-2H3;9-10,13-14,21H,3-8,11-12H2,1-2H3. The van der Waals surface area contributed by atoms with E-state index in [0.29, 0.717) is 99.5 Å². The quantitative estimate of drug-likeness (QED) is 0.0925. The van der Waals surface area contributed by atoms with Crippen LogP contribution < -0.4 is 27.8 Å². The molecule has 135 heavy (non-hydrogen) atoms. The lowest BCUT2D eigenvalue weighted by molar-refractivity contribution is -0.119. The Morgan fingerprint density at radius 1 is 0.311 bits per heavy atom. The van der Waals surface area contributed by atoms with Crippen LogP contribution in [-0.4, -0.2) is 92.1 Å². The van der Waals surface area contributed by atoms with Crippen LogP contribution in [0.3, 0.4) is 0 Å². The highest BCUT2D eigenvalue weighted by atomic mass is 16.5. The van der Waals surface area contributed by atoms with Crippen molar-refractivity contribution < 1.29 is 33.4 Å². The van der Waals surface area contributed by atoms with E-state index in [2.05, 4.69) is 81.7 Å². The first-order valence-corrected chi connectivity index (χ1v) is 47.7. The molecule has 10 heterocycles. The fourth-order valence-electron chi connectivity index (χ4n) is 20.5. The summed E-state index contributed by atoms with van der Waals surface area (Å²) in [5, 5.41) is 0. The Hall–Kier alpha value is -13.4. The molecule has 2 atom stereocenters. The molecule has 0 radical (unpaired) electrons. The normalized spacial score (nSPS) is 16.0. The zero-order valence-corrected chi connectivity index (χ0v) is 79.4. The molecule has 20 rings (SSSR count). The van der Waals surface area contributed by atoms with E-state index in [9.17, 15) is 47.9 Å². The number of carbonyl (C=O) groups is 5. The summed E-state index contributed by atoms with van der Waals surface area (Å²) in [5.41, 5.74) is 36.2. The average Bonchev–Trinajstić information content (AvgIpc) is 0.791. The summed E-state index contributed by atoms with van der Waals surface area (Å²) in [6.07, 6.45) is 39.6. The van der Waals surface area contributed by atoms with E-state index in [-0.39, 0.29) is 40.0 Å². The second-order valence-electron chi connectivity index (χ2n) is 38.0. The highest BCUT2D eigenvalue weighted by Crippen LogP contribution is 2.40. The molecule has 7 aliphatic rings. The number of ether oxygens (including phenoxy) is 2. The number of hydrogen-bond acceptors (Lipinski definition) is 15. The number of aromatic nitrogens is 8. The van der Waals surface area contributed by atoms with Crippen LogP contribution in [-0.2, 0) is 165 Å². The highest BCUT2D eigenvalue weighted by molar-refractivity contribution is 5.88. The average molecular weight is 1810 g/mol. The number of fused-ring (bicyclic) bond motifs is 5. The summed E-state index contributed by atoms with van der Waals surface area (Å²) in [5.74, 6) is 1.57. The van der Waals surface area contributed by atoms with Gasteiger partial charge in [0.15, 0.2) is 0 Å². The number of carbonyl (C=O) groups excluding carboxylic acids is 5. The molecule has 20 nitrogen and oxygen atoms in total. The summed E-state index contributed by atoms with van der Waals surface area (Å²) in [6, 6.07) is 45.7. The topological polar surface area (TPSA) is 252 Å². The van der Waals surface area contributed by atoms with Crippen LogP contribution in [0.5, 0.6) is 0 Å². The molecule has 2 saturated heterocycles. The number of ketones is 5. The molecule has 20 heteroatoms. The summed E-state index contributed by atoms with van der Waals surface area (Å²) >= 11 is 0. The van der Waals surface area contributed by atoms with Crippen molar-refractivity contribution in [2.24, 2.45) is 35.2 Å². The van der Waals surface area contributed by atoms with Gasteiger partial charge < -0.3 is 32.3 Å². The molecule has 2 unspecified atom stereocenters. The summed E-state index contributed by atoms with van der Waals surface area (Å²) < 4.78 is 20.3. The molecule has 2 fully saturated rings. The molecule has 692 valence electrons. The number of pyridine rings is 8. The third kappa shape index (κ3) is 22.8. The van der Waals surface area contributed by atoms with Gasteiger partial charge in [-0.25, -0.2) is 0 Å². The Kier molecular flexibility index (Phi) is 29.8. The minimum atomic E-state index is 0.0218. The Bertz CT molecular complexity index is 6440. The Morgan fingerprint density at radius 3 is 1.06 bits per heavy atom. The van der Waals surface area contributed by atoms with Crippen molar-refractivity contribution in [3.8, 4) is 55.6 Å². The van der Waals surface area contributed by atoms with Gasteiger partial charge in [-0.1, -0.05) is 72.8 Å². The minimum Gasteiger partial charge on any atom is -0.378 e. The molecule has 0 N–H and O–H groups in total. The third-order valence-corrected chi connectivity index (χ3v) is 27.7. The lowest BCUT2D eigenvalue weighted by Gasteiger charge is -2.27. The second kappa shape index (κ2) is 42.4. The zero-order chi connectivity index (χ0) is 94.8. The smallest absolute Gasteiger partial charge is 0.253 e. The van der Waals surface area contributed by atoms with Crippen molar-refractivity contribution in [2.45, 2.75) is 214 Å². The van der Waals surface area contributed by atoms with Crippen molar-refractivity contribution in [3.05, 3.63) is 375 Å². The Balaban J connectivity index is 0.000000123. The van der Waals surface area contributed by atoms with Crippen LogP contribution in [0.2, 0.25) is 0 Å². The molecule has 8 aromatic heterocycles. The van der Waals surface area contributed by atoms with Gasteiger partial charge in [0.05, 0.1) is 12.2 Å². The second-order valence-corrected chi connectivity index (χ2v) is 38.0. The molecule has 0 saturated carbocycles. The largest absolute Gasteiger partial charge is 0.378 e. The van der Waals surface area contributed by atoms with E-state index in [1.807, 2.05) is 139 Å². The van der Waals surface area contributed by atoms with Crippen molar-refractivity contribution in [3.63, 3.8) is 0 Å². The maximum atomic E-state index is 12.1. The maximum absolute atomic E-state index is 12.1. The Labute approximate surface area is 788 Å². The molecule has 0 spiro atoms. The van der Waals surface area contributed by atoms with E-state index in [0.717, 1.165) is 208 Å². The number of aryl methyl sites for hydroxylation is 14. The highest BCUT2D eigenvalue weighted by Gasteiger charge is 2.30. The van der Waals surface area contributed by atoms with E-state index in [1.54, 1.807) is 82.9 Å². The third-order valence-electron chi connectivity index (χ3n) is 27.7. The molecule has 0 amide bonds. The van der Waals surface area contributed by atoms with Gasteiger partial charge in [-0.3, -0.25) is 62.9 Å². The molecule has 5 aromatic carbocycles. The summed E-state index contributed by atoms with van der Waals surface area (Å²) in [7, 11) is 8.98. The van der Waals surface area contributed by atoms with Crippen molar-refractivity contribution in [2.75, 3.05) is 13.2 Å². The van der Waals surface area contributed by atoms with Gasteiger partial charge in [-0.05, 0) is 342 Å². The van der Waals surface area contributed by atoms with Crippen LogP contribution in [0.15, 0.2) is 219 Å². The first-order chi connectivity index (χ1) is 65.1. The minimum absolute atomic E-state index is 0.0218. The molecule has 2 aliphatic heterocycles. The van der Waals surface area contributed by atoms with Crippen LogP contribution >= 0.6 is 0 Å². The predicted octanol–water partition coefficient (Wildman–Crippen LogP) is 17.3. The van der Waals surface area contributed by atoms with Crippen LogP contribution in [0.25, 0.3) is 55.6 Å². The van der Waals surface area contributed by atoms with Gasteiger partial charge in [0.1, 0.15) is 28.9 Å². The molecule has 0 bridgehead atoms. The maximum Gasteiger partial charge on any atom is 0.253 e. The van der Waals surface area contributed by atoms with Crippen LogP contribution in [0.1, 0.15) is 199 Å². The lowest BCUT2D eigenvalue weighted by atomic mass is 9.81. The first-order valence-electron chi connectivity index (χ1n) is 47.7. The van der Waals surface area contributed by atoms with Crippen molar-refractivity contribution in [1.82, 2.24) is 37.8 Å². The first kappa shape index (κ1) is 94.8. The molecule has 5 aliphatic carbocycles. The molecular weight excluding hydrogens is 1690 g/mol. The van der Waals surface area contributed by atoms with Crippen LogP contribution in [0.4, 0.5) is 0 Å². The zero-order valence-electron chi connectivity index (χ0n) is 79.4.